The first-order chi connectivity index (χ1) is 13.6. The van der Waals surface area contributed by atoms with E-state index in [1.807, 2.05) is 40.7 Å². The molecule has 0 spiro atoms. The van der Waals surface area contributed by atoms with Crippen LogP contribution in [0.1, 0.15) is 31.9 Å². The summed E-state index contributed by atoms with van der Waals surface area (Å²) in [6.45, 7) is 9.66. The highest BCUT2D eigenvalue weighted by Gasteiger charge is 2.38. The highest BCUT2D eigenvalue weighted by molar-refractivity contribution is 7.92. The fraction of sp³-hybridized carbons (Fsp3) is 0.409. The smallest absolute Gasteiger partial charge is 0.264 e. The predicted octanol–water partition coefficient (Wildman–Crippen LogP) is 3.42. The Kier molecular flexibility index (Phi) is 5.89. The number of anilines is 1. The van der Waals surface area contributed by atoms with Gasteiger partial charge < -0.3 is 10.1 Å². The summed E-state index contributed by atoms with van der Waals surface area (Å²) >= 11 is 0. The van der Waals surface area contributed by atoms with Crippen molar-refractivity contribution in [2.75, 3.05) is 10.8 Å². The number of hydrogen-bond acceptors (Lipinski definition) is 4. The molecule has 1 aliphatic rings. The molecule has 0 unspecified atom stereocenters. The quantitative estimate of drug-likeness (QED) is 0.810. The highest BCUT2D eigenvalue weighted by Crippen LogP contribution is 2.37. The molecule has 1 heterocycles. The Hall–Kier alpha value is -2.54. The van der Waals surface area contributed by atoms with E-state index < -0.39 is 16.1 Å². The summed E-state index contributed by atoms with van der Waals surface area (Å²) in [5, 5.41) is 2.93. The van der Waals surface area contributed by atoms with E-state index in [-0.39, 0.29) is 29.3 Å². The maximum absolute atomic E-state index is 13.4. The van der Waals surface area contributed by atoms with Gasteiger partial charge >= 0.3 is 0 Å². The average molecular weight is 417 g/mol. The Morgan fingerprint density at radius 3 is 2.31 bits per heavy atom. The molecule has 0 aliphatic carbocycles. The minimum absolute atomic E-state index is 0.0485. The van der Waals surface area contributed by atoms with Gasteiger partial charge in [0.25, 0.3) is 15.9 Å². The molecule has 1 N–H and O–H groups in total. The van der Waals surface area contributed by atoms with E-state index in [0.29, 0.717) is 11.4 Å². The van der Waals surface area contributed by atoms with Crippen LogP contribution in [-0.4, -0.2) is 33.0 Å². The summed E-state index contributed by atoms with van der Waals surface area (Å²) in [4.78, 5) is 13.0. The fourth-order valence-corrected chi connectivity index (χ4v) is 4.51. The lowest BCUT2D eigenvalue weighted by molar-refractivity contribution is -0.128. The second kappa shape index (κ2) is 8.06. The molecular weight excluding hydrogens is 388 g/mol. The van der Waals surface area contributed by atoms with Crippen LogP contribution in [0.4, 0.5) is 5.69 Å². The van der Waals surface area contributed by atoms with E-state index >= 15 is 0 Å². The van der Waals surface area contributed by atoms with Gasteiger partial charge in [-0.25, -0.2) is 8.42 Å². The van der Waals surface area contributed by atoms with Gasteiger partial charge in [0, 0.05) is 6.04 Å². The van der Waals surface area contributed by atoms with Crippen molar-refractivity contribution in [1.29, 1.82) is 0 Å². The normalized spacial score (nSPS) is 17.4. The molecular formula is C22H28N2O4S. The van der Waals surface area contributed by atoms with E-state index in [1.165, 1.54) is 4.31 Å². The first kappa shape index (κ1) is 21.2. The molecule has 0 saturated heterocycles. The largest absolute Gasteiger partial charge is 0.476 e. The van der Waals surface area contributed by atoms with Crippen LogP contribution in [0.5, 0.6) is 5.75 Å². The van der Waals surface area contributed by atoms with Gasteiger partial charge in [0.15, 0.2) is 6.10 Å². The van der Waals surface area contributed by atoms with Gasteiger partial charge in [-0.05, 0) is 56.5 Å². The predicted molar refractivity (Wildman–Crippen MR) is 114 cm³/mol. The molecule has 1 amide bonds. The Balaban J connectivity index is 1.99. The van der Waals surface area contributed by atoms with Crippen molar-refractivity contribution in [3.63, 3.8) is 0 Å². The number of carbonyl (C=O) groups excluding carboxylic acids is 1. The van der Waals surface area contributed by atoms with E-state index in [4.69, 9.17) is 4.74 Å². The number of sulfonamides is 1. The van der Waals surface area contributed by atoms with Gasteiger partial charge in [0.05, 0.1) is 17.1 Å². The van der Waals surface area contributed by atoms with Gasteiger partial charge in [0.1, 0.15) is 5.75 Å². The van der Waals surface area contributed by atoms with Crippen LogP contribution in [0.2, 0.25) is 0 Å². The lowest BCUT2D eigenvalue weighted by Gasteiger charge is -2.35. The zero-order valence-electron chi connectivity index (χ0n) is 17.5. The molecule has 6 nitrogen and oxygen atoms in total. The number of benzene rings is 2. The van der Waals surface area contributed by atoms with Gasteiger partial charge in [-0.3, -0.25) is 9.10 Å². The van der Waals surface area contributed by atoms with Gasteiger partial charge in [-0.2, -0.15) is 0 Å². The average Bonchev–Trinajstić information content (AvgIpc) is 2.67. The molecule has 0 aromatic heterocycles. The van der Waals surface area contributed by atoms with Gasteiger partial charge in [-0.1, -0.05) is 37.6 Å². The van der Waals surface area contributed by atoms with Crippen LogP contribution in [0.15, 0.2) is 47.4 Å². The summed E-state index contributed by atoms with van der Waals surface area (Å²) in [5.41, 5.74) is 2.33. The number of fused-ring (bicyclic) bond motifs is 1. The van der Waals surface area contributed by atoms with E-state index in [9.17, 15) is 13.2 Å². The van der Waals surface area contributed by atoms with Crippen molar-refractivity contribution in [2.45, 2.75) is 51.7 Å². The Morgan fingerprint density at radius 2 is 1.69 bits per heavy atom. The van der Waals surface area contributed by atoms with Gasteiger partial charge in [-0.15, -0.1) is 0 Å². The molecule has 3 rings (SSSR count). The first-order valence-corrected chi connectivity index (χ1v) is 11.2. The zero-order valence-corrected chi connectivity index (χ0v) is 18.3. The second-order valence-electron chi connectivity index (χ2n) is 7.97. The maximum Gasteiger partial charge on any atom is 0.264 e. The van der Waals surface area contributed by atoms with Crippen LogP contribution in [0, 0.1) is 19.8 Å². The van der Waals surface area contributed by atoms with Crippen molar-refractivity contribution in [3.8, 4) is 5.75 Å². The topological polar surface area (TPSA) is 75.7 Å². The number of nitrogens with zero attached hydrogens (tertiary/aromatic N) is 1. The number of rotatable bonds is 5. The number of carbonyl (C=O) groups is 1. The molecule has 1 aliphatic heterocycles. The van der Waals surface area contributed by atoms with E-state index in [0.717, 1.165) is 11.1 Å². The minimum Gasteiger partial charge on any atom is -0.476 e. The number of hydrogen-bond donors (Lipinski definition) is 1. The fourth-order valence-electron chi connectivity index (χ4n) is 3.05. The van der Waals surface area contributed by atoms with E-state index in [1.54, 1.807) is 36.4 Å². The molecule has 0 bridgehead atoms. The SMILES string of the molecule is Cc1ccc(S(=O)(=O)N2C[C@H](C(=O)N[C@@H](C)C(C)C)Oc3ccc(C)cc32)cc1. The lowest BCUT2D eigenvalue weighted by Crippen LogP contribution is -2.52. The molecule has 2 aromatic rings. The standard InChI is InChI=1S/C22H28N2O4S/c1-14(2)17(5)23-22(25)21-13-24(19-12-16(4)8-11-20(19)28-21)29(26,27)18-9-6-15(3)7-10-18/h6-12,14,17,21H,13H2,1-5H3,(H,23,25)/t17-,21+/m0/s1. The number of ether oxygens (including phenoxy) is 1. The van der Waals surface area contributed by atoms with Crippen molar-refractivity contribution in [3.05, 3.63) is 53.6 Å². The number of amides is 1. The second-order valence-corrected chi connectivity index (χ2v) is 9.83. The first-order valence-electron chi connectivity index (χ1n) is 9.76. The monoisotopic (exact) mass is 416 g/mol. The summed E-state index contributed by atoms with van der Waals surface area (Å²) in [5.74, 6) is 0.321. The summed E-state index contributed by atoms with van der Waals surface area (Å²) in [6, 6.07) is 12.0. The Labute approximate surface area is 172 Å². The summed E-state index contributed by atoms with van der Waals surface area (Å²) < 4.78 is 34.0. The molecule has 0 fully saturated rings. The third-order valence-electron chi connectivity index (χ3n) is 5.26. The van der Waals surface area contributed by atoms with Crippen molar-refractivity contribution < 1.29 is 17.9 Å². The molecule has 2 aromatic carbocycles. The summed E-state index contributed by atoms with van der Waals surface area (Å²) in [7, 11) is -3.85. The molecule has 156 valence electrons. The van der Waals surface area contributed by atoms with Crippen molar-refractivity contribution in [1.82, 2.24) is 5.32 Å². The van der Waals surface area contributed by atoms with Crippen LogP contribution < -0.4 is 14.4 Å². The molecule has 7 heteroatoms. The Morgan fingerprint density at radius 1 is 1.07 bits per heavy atom. The Bertz CT molecular complexity index is 1000. The lowest BCUT2D eigenvalue weighted by atomic mass is 10.1. The molecule has 2 atom stereocenters. The van der Waals surface area contributed by atoms with E-state index in [2.05, 4.69) is 5.32 Å². The van der Waals surface area contributed by atoms with Crippen LogP contribution in [-0.2, 0) is 14.8 Å². The van der Waals surface area contributed by atoms with Crippen LogP contribution >= 0.6 is 0 Å². The van der Waals surface area contributed by atoms with Crippen LogP contribution in [0.3, 0.4) is 0 Å². The van der Waals surface area contributed by atoms with Crippen molar-refractivity contribution >= 4 is 21.6 Å². The van der Waals surface area contributed by atoms with Gasteiger partial charge in [0.2, 0.25) is 0 Å². The number of nitrogens with one attached hydrogen (secondary N) is 1. The minimum atomic E-state index is -3.85. The third kappa shape index (κ3) is 4.40. The zero-order chi connectivity index (χ0) is 21.3. The maximum atomic E-state index is 13.4. The molecule has 0 saturated carbocycles. The van der Waals surface area contributed by atoms with Crippen molar-refractivity contribution in [2.24, 2.45) is 5.92 Å². The molecule has 29 heavy (non-hydrogen) atoms. The number of aryl methyl sites for hydroxylation is 2. The third-order valence-corrected chi connectivity index (χ3v) is 7.05. The van der Waals surface area contributed by atoms with Crippen LogP contribution in [0.25, 0.3) is 0 Å². The summed E-state index contributed by atoms with van der Waals surface area (Å²) in [6.07, 6.45) is -0.924. The highest BCUT2D eigenvalue weighted by atomic mass is 32.2. The molecule has 0 radical (unpaired) electrons.